The molecular weight excluding hydrogens is 335 g/mol. The van der Waals surface area contributed by atoms with Gasteiger partial charge in [-0.15, -0.1) is 0 Å². The van der Waals surface area contributed by atoms with Crippen LogP contribution in [0, 0.1) is 0 Å². The standard InChI is InChI=1S/C17H18F3N3O2/c1-3-24-13-7-11-6-10(2)25-14(11)8-12(13)9-22-16-21-5-4-15(23-16)17(18,19)20/h4-5,7-8,10H,3,6,9H2,1-2H3,(H,21,22,23). The lowest BCUT2D eigenvalue weighted by molar-refractivity contribution is -0.141. The van der Waals surface area contributed by atoms with Gasteiger partial charge in [0.05, 0.1) is 6.61 Å². The molecule has 0 saturated heterocycles. The number of anilines is 1. The van der Waals surface area contributed by atoms with E-state index in [2.05, 4.69) is 15.3 Å². The third kappa shape index (κ3) is 3.94. The Hall–Kier alpha value is -2.51. The monoisotopic (exact) mass is 353 g/mol. The average molecular weight is 353 g/mol. The van der Waals surface area contributed by atoms with Gasteiger partial charge in [0.1, 0.15) is 23.3 Å². The van der Waals surface area contributed by atoms with Crippen molar-refractivity contribution in [3.05, 3.63) is 41.2 Å². The van der Waals surface area contributed by atoms with Gasteiger partial charge in [-0.2, -0.15) is 13.2 Å². The van der Waals surface area contributed by atoms with Crippen molar-refractivity contribution >= 4 is 5.95 Å². The Bertz CT molecular complexity index is 765. The second-order valence-electron chi connectivity index (χ2n) is 5.75. The predicted octanol–water partition coefficient (Wildman–Crippen LogP) is 3.83. The molecule has 0 aliphatic carbocycles. The van der Waals surface area contributed by atoms with Gasteiger partial charge in [0.15, 0.2) is 0 Å². The van der Waals surface area contributed by atoms with Gasteiger partial charge in [-0.3, -0.25) is 0 Å². The average Bonchev–Trinajstić information content (AvgIpc) is 2.91. The van der Waals surface area contributed by atoms with Crippen molar-refractivity contribution in [2.75, 3.05) is 11.9 Å². The van der Waals surface area contributed by atoms with Crippen molar-refractivity contribution in [1.29, 1.82) is 0 Å². The van der Waals surface area contributed by atoms with Crippen molar-refractivity contribution in [3.8, 4) is 11.5 Å². The predicted molar refractivity (Wildman–Crippen MR) is 85.8 cm³/mol. The number of hydrogen-bond acceptors (Lipinski definition) is 5. The van der Waals surface area contributed by atoms with E-state index < -0.39 is 11.9 Å². The van der Waals surface area contributed by atoms with Crippen LogP contribution >= 0.6 is 0 Å². The number of nitrogens with zero attached hydrogens (tertiary/aromatic N) is 2. The summed E-state index contributed by atoms with van der Waals surface area (Å²) >= 11 is 0. The molecule has 0 amide bonds. The molecule has 1 aliphatic heterocycles. The van der Waals surface area contributed by atoms with Gasteiger partial charge in [0.25, 0.3) is 0 Å². The molecule has 1 atom stereocenters. The van der Waals surface area contributed by atoms with Crippen LogP contribution in [-0.2, 0) is 19.1 Å². The summed E-state index contributed by atoms with van der Waals surface area (Å²) < 4.78 is 49.6. The number of fused-ring (bicyclic) bond motifs is 1. The number of rotatable bonds is 5. The van der Waals surface area contributed by atoms with Crippen LogP contribution in [0.1, 0.15) is 30.7 Å². The van der Waals surface area contributed by atoms with Crippen LogP contribution in [0.3, 0.4) is 0 Å². The van der Waals surface area contributed by atoms with Crippen LogP contribution < -0.4 is 14.8 Å². The number of benzene rings is 1. The zero-order valence-electron chi connectivity index (χ0n) is 13.9. The molecule has 0 radical (unpaired) electrons. The SMILES string of the molecule is CCOc1cc2c(cc1CNc1nccc(C(F)(F)F)n1)OC(C)C2. The topological polar surface area (TPSA) is 56.3 Å². The van der Waals surface area contributed by atoms with Crippen LogP contribution in [0.25, 0.3) is 0 Å². The highest BCUT2D eigenvalue weighted by Gasteiger charge is 2.32. The molecule has 1 aromatic heterocycles. The number of halogens is 3. The van der Waals surface area contributed by atoms with Gasteiger partial charge < -0.3 is 14.8 Å². The second-order valence-corrected chi connectivity index (χ2v) is 5.75. The first kappa shape index (κ1) is 17.3. The van der Waals surface area contributed by atoms with Gasteiger partial charge in [-0.25, -0.2) is 9.97 Å². The molecule has 5 nitrogen and oxygen atoms in total. The zero-order chi connectivity index (χ0) is 18.0. The molecule has 0 saturated carbocycles. The highest BCUT2D eigenvalue weighted by atomic mass is 19.4. The molecule has 1 N–H and O–H groups in total. The van der Waals surface area contributed by atoms with E-state index >= 15 is 0 Å². The lowest BCUT2D eigenvalue weighted by atomic mass is 10.1. The third-order valence-electron chi connectivity index (χ3n) is 3.76. The molecule has 0 bridgehead atoms. The van der Waals surface area contributed by atoms with E-state index in [4.69, 9.17) is 9.47 Å². The molecule has 2 aromatic rings. The van der Waals surface area contributed by atoms with Crippen molar-refractivity contribution in [1.82, 2.24) is 9.97 Å². The third-order valence-corrected chi connectivity index (χ3v) is 3.76. The Balaban J connectivity index is 1.80. The molecule has 1 aliphatic rings. The Morgan fingerprint density at radius 1 is 1.36 bits per heavy atom. The van der Waals surface area contributed by atoms with E-state index in [0.29, 0.717) is 12.4 Å². The number of ether oxygens (including phenoxy) is 2. The quantitative estimate of drug-likeness (QED) is 0.885. The largest absolute Gasteiger partial charge is 0.494 e. The van der Waals surface area contributed by atoms with Crippen LogP contribution in [0.5, 0.6) is 11.5 Å². The number of aromatic nitrogens is 2. The van der Waals surface area contributed by atoms with E-state index in [1.54, 1.807) is 0 Å². The van der Waals surface area contributed by atoms with Crippen LogP contribution in [0.15, 0.2) is 24.4 Å². The fraction of sp³-hybridized carbons (Fsp3) is 0.412. The Labute approximate surface area is 143 Å². The van der Waals surface area contributed by atoms with E-state index in [1.165, 1.54) is 0 Å². The molecule has 0 fully saturated rings. The first-order valence-corrected chi connectivity index (χ1v) is 7.96. The van der Waals surface area contributed by atoms with E-state index in [0.717, 1.165) is 35.6 Å². The minimum absolute atomic E-state index is 0.0907. The molecule has 3 rings (SSSR count). The highest BCUT2D eigenvalue weighted by Crippen LogP contribution is 2.35. The maximum absolute atomic E-state index is 12.7. The summed E-state index contributed by atoms with van der Waals surface area (Å²) in [7, 11) is 0. The van der Waals surface area contributed by atoms with Crippen LogP contribution in [0.4, 0.5) is 19.1 Å². The summed E-state index contributed by atoms with van der Waals surface area (Å²) in [5.41, 5.74) is 0.854. The Morgan fingerprint density at radius 2 is 2.16 bits per heavy atom. The van der Waals surface area contributed by atoms with Crippen molar-refractivity contribution in [2.45, 2.75) is 39.1 Å². The minimum atomic E-state index is -4.51. The zero-order valence-corrected chi connectivity index (χ0v) is 13.9. The summed E-state index contributed by atoms with van der Waals surface area (Å²) in [5, 5.41) is 2.82. The van der Waals surface area contributed by atoms with Gasteiger partial charge in [-0.05, 0) is 32.0 Å². The maximum Gasteiger partial charge on any atom is 0.433 e. The summed E-state index contributed by atoms with van der Waals surface area (Å²) in [6.45, 7) is 4.57. The normalized spacial score (nSPS) is 16.3. The minimum Gasteiger partial charge on any atom is -0.494 e. The van der Waals surface area contributed by atoms with E-state index in [1.807, 2.05) is 26.0 Å². The summed E-state index contributed by atoms with van der Waals surface area (Å²) in [4.78, 5) is 7.33. The lowest BCUT2D eigenvalue weighted by Crippen LogP contribution is -2.12. The smallest absolute Gasteiger partial charge is 0.433 e. The molecule has 1 aromatic carbocycles. The first-order chi connectivity index (χ1) is 11.9. The van der Waals surface area contributed by atoms with Crippen molar-refractivity contribution in [3.63, 3.8) is 0 Å². The maximum atomic E-state index is 12.7. The fourth-order valence-electron chi connectivity index (χ4n) is 2.69. The Morgan fingerprint density at radius 3 is 2.88 bits per heavy atom. The number of nitrogens with one attached hydrogen (secondary N) is 1. The van der Waals surface area contributed by atoms with Crippen LogP contribution in [-0.4, -0.2) is 22.7 Å². The van der Waals surface area contributed by atoms with Crippen molar-refractivity contribution in [2.24, 2.45) is 0 Å². The van der Waals surface area contributed by atoms with Crippen LogP contribution in [0.2, 0.25) is 0 Å². The summed E-state index contributed by atoms with van der Waals surface area (Å²) in [6, 6.07) is 4.61. The summed E-state index contributed by atoms with van der Waals surface area (Å²) in [6.07, 6.45) is -2.53. The Kier molecular flexibility index (Phi) is 4.69. The van der Waals surface area contributed by atoms with Gasteiger partial charge >= 0.3 is 6.18 Å². The molecular formula is C17H18F3N3O2. The second kappa shape index (κ2) is 6.78. The molecule has 0 spiro atoms. The highest BCUT2D eigenvalue weighted by molar-refractivity contribution is 5.49. The van der Waals surface area contributed by atoms with Crippen molar-refractivity contribution < 1.29 is 22.6 Å². The van der Waals surface area contributed by atoms with E-state index in [-0.39, 0.29) is 18.6 Å². The molecule has 134 valence electrons. The number of hydrogen-bond donors (Lipinski definition) is 1. The number of alkyl halides is 3. The van der Waals surface area contributed by atoms with Gasteiger partial charge in [0, 0.05) is 30.3 Å². The fourth-order valence-corrected chi connectivity index (χ4v) is 2.69. The lowest BCUT2D eigenvalue weighted by Gasteiger charge is -2.14. The van der Waals surface area contributed by atoms with Gasteiger partial charge in [-0.1, -0.05) is 0 Å². The molecule has 1 unspecified atom stereocenters. The summed E-state index contributed by atoms with van der Waals surface area (Å²) in [5.74, 6) is 1.36. The molecule has 25 heavy (non-hydrogen) atoms. The molecule has 8 heteroatoms. The van der Waals surface area contributed by atoms with Gasteiger partial charge in [0.2, 0.25) is 5.95 Å². The molecule has 2 heterocycles. The first-order valence-electron chi connectivity index (χ1n) is 7.96. The van der Waals surface area contributed by atoms with E-state index in [9.17, 15) is 13.2 Å².